The SMILES string of the molecule is CCC1CN(c2cc(Br)cc(C(F)(F)F)c2)C(C)CN1. The van der Waals surface area contributed by atoms with Crippen molar-refractivity contribution in [3.8, 4) is 0 Å². The topological polar surface area (TPSA) is 15.3 Å². The van der Waals surface area contributed by atoms with Gasteiger partial charge in [0, 0.05) is 35.3 Å². The molecule has 1 aromatic rings. The van der Waals surface area contributed by atoms with E-state index in [1.54, 1.807) is 6.07 Å². The van der Waals surface area contributed by atoms with E-state index in [1.165, 1.54) is 6.07 Å². The molecule has 20 heavy (non-hydrogen) atoms. The Morgan fingerprint density at radius 3 is 2.65 bits per heavy atom. The number of alkyl halides is 3. The maximum atomic E-state index is 12.9. The molecule has 1 aliphatic heterocycles. The van der Waals surface area contributed by atoms with E-state index in [2.05, 4.69) is 28.2 Å². The van der Waals surface area contributed by atoms with E-state index in [-0.39, 0.29) is 6.04 Å². The summed E-state index contributed by atoms with van der Waals surface area (Å²) in [6.07, 6.45) is -3.36. The van der Waals surface area contributed by atoms with E-state index >= 15 is 0 Å². The second-order valence-corrected chi connectivity index (χ2v) is 6.13. The van der Waals surface area contributed by atoms with Crippen LogP contribution < -0.4 is 10.2 Å². The van der Waals surface area contributed by atoms with Gasteiger partial charge in [-0.3, -0.25) is 0 Å². The third-order valence-electron chi connectivity index (χ3n) is 3.69. The van der Waals surface area contributed by atoms with E-state index in [9.17, 15) is 13.2 Å². The molecule has 1 aliphatic rings. The number of hydrogen-bond acceptors (Lipinski definition) is 2. The molecule has 1 fully saturated rings. The molecule has 1 aromatic carbocycles. The summed E-state index contributed by atoms with van der Waals surface area (Å²) in [5, 5.41) is 3.40. The molecule has 2 rings (SSSR count). The smallest absolute Gasteiger partial charge is 0.366 e. The highest BCUT2D eigenvalue weighted by molar-refractivity contribution is 9.10. The minimum atomic E-state index is -4.32. The van der Waals surface area contributed by atoms with Crippen LogP contribution in [0.15, 0.2) is 22.7 Å². The number of nitrogens with one attached hydrogen (secondary N) is 1. The number of halogens is 4. The number of anilines is 1. The first-order valence-electron chi connectivity index (χ1n) is 6.69. The van der Waals surface area contributed by atoms with Gasteiger partial charge in [0.05, 0.1) is 5.56 Å². The van der Waals surface area contributed by atoms with Gasteiger partial charge in [0.25, 0.3) is 0 Å². The van der Waals surface area contributed by atoms with Gasteiger partial charge in [-0.2, -0.15) is 13.2 Å². The zero-order valence-corrected chi connectivity index (χ0v) is 13.1. The van der Waals surface area contributed by atoms with Gasteiger partial charge >= 0.3 is 6.18 Å². The summed E-state index contributed by atoms with van der Waals surface area (Å²) in [5.41, 5.74) is 0.0137. The predicted octanol–water partition coefficient (Wildman–Crippen LogP) is 4.04. The standard InChI is InChI=1S/C14H18BrF3N2/c1-3-12-8-20(9(2)7-19-12)13-5-10(14(16,17)18)4-11(15)6-13/h4-6,9,12,19H,3,7-8H2,1-2H3. The molecule has 1 N–H and O–H groups in total. The van der Waals surface area contributed by atoms with Crippen molar-refractivity contribution in [2.45, 2.75) is 38.5 Å². The molecule has 1 saturated heterocycles. The van der Waals surface area contributed by atoms with Crippen LogP contribution in [0.2, 0.25) is 0 Å². The molecule has 0 bridgehead atoms. The molecule has 2 atom stereocenters. The number of nitrogens with zero attached hydrogens (tertiary/aromatic N) is 1. The highest BCUT2D eigenvalue weighted by Crippen LogP contribution is 2.35. The normalized spacial score (nSPS) is 24.0. The summed E-state index contributed by atoms with van der Waals surface area (Å²) >= 11 is 3.18. The quantitative estimate of drug-likeness (QED) is 0.865. The van der Waals surface area contributed by atoms with Crippen molar-refractivity contribution in [3.63, 3.8) is 0 Å². The van der Waals surface area contributed by atoms with Crippen molar-refractivity contribution in [2.24, 2.45) is 0 Å². The monoisotopic (exact) mass is 350 g/mol. The van der Waals surface area contributed by atoms with Gasteiger partial charge < -0.3 is 10.2 Å². The molecule has 0 radical (unpaired) electrons. The lowest BCUT2D eigenvalue weighted by Crippen LogP contribution is -2.55. The number of piperazine rings is 1. The van der Waals surface area contributed by atoms with Crippen molar-refractivity contribution in [2.75, 3.05) is 18.0 Å². The van der Waals surface area contributed by atoms with Crippen LogP contribution in [0.5, 0.6) is 0 Å². The van der Waals surface area contributed by atoms with E-state index in [1.807, 2.05) is 11.8 Å². The fourth-order valence-electron chi connectivity index (χ4n) is 2.47. The van der Waals surface area contributed by atoms with E-state index in [4.69, 9.17) is 0 Å². The van der Waals surface area contributed by atoms with Crippen LogP contribution >= 0.6 is 15.9 Å². The Kier molecular flexibility index (Phi) is 4.64. The summed E-state index contributed by atoms with van der Waals surface area (Å²) in [5.74, 6) is 0. The Balaban J connectivity index is 2.33. The van der Waals surface area contributed by atoms with Crippen molar-refractivity contribution in [3.05, 3.63) is 28.2 Å². The number of benzene rings is 1. The molecule has 112 valence electrons. The lowest BCUT2D eigenvalue weighted by atomic mass is 10.1. The molecular weight excluding hydrogens is 333 g/mol. The summed E-state index contributed by atoms with van der Waals surface area (Å²) in [4.78, 5) is 2.05. The van der Waals surface area contributed by atoms with Crippen molar-refractivity contribution >= 4 is 21.6 Å². The Labute approximate surface area is 125 Å². The van der Waals surface area contributed by atoms with Gasteiger partial charge in [0.2, 0.25) is 0 Å². The van der Waals surface area contributed by atoms with Gasteiger partial charge in [-0.25, -0.2) is 0 Å². The van der Waals surface area contributed by atoms with E-state index < -0.39 is 11.7 Å². The van der Waals surface area contributed by atoms with E-state index in [0.29, 0.717) is 16.2 Å². The lowest BCUT2D eigenvalue weighted by Gasteiger charge is -2.40. The molecule has 6 heteroatoms. The largest absolute Gasteiger partial charge is 0.416 e. The van der Waals surface area contributed by atoms with Crippen LogP contribution in [0.4, 0.5) is 18.9 Å². The molecular formula is C14H18BrF3N2. The first kappa shape index (κ1) is 15.6. The third-order valence-corrected chi connectivity index (χ3v) is 4.14. The van der Waals surface area contributed by atoms with Crippen LogP contribution in [0.3, 0.4) is 0 Å². The molecule has 0 aliphatic carbocycles. The Morgan fingerprint density at radius 2 is 2.05 bits per heavy atom. The lowest BCUT2D eigenvalue weighted by molar-refractivity contribution is -0.137. The minimum absolute atomic E-state index is 0.174. The predicted molar refractivity (Wildman–Crippen MR) is 78.0 cm³/mol. The van der Waals surface area contributed by atoms with Crippen molar-refractivity contribution in [1.82, 2.24) is 5.32 Å². The number of rotatable bonds is 2. The van der Waals surface area contributed by atoms with Gasteiger partial charge in [-0.15, -0.1) is 0 Å². The maximum absolute atomic E-state index is 12.9. The van der Waals surface area contributed by atoms with Crippen LogP contribution in [-0.4, -0.2) is 25.2 Å². The first-order chi connectivity index (χ1) is 9.31. The van der Waals surface area contributed by atoms with Gasteiger partial charge in [0.1, 0.15) is 0 Å². The van der Waals surface area contributed by atoms with Crippen molar-refractivity contribution in [1.29, 1.82) is 0 Å². The molecule has 2 nitrogen and oxygen atoms in total. The number of hydrogen-bond donors (Lipinski definition) is 1. The second kappa shape index (κ2) is 5.93. The molecule has 0 spiro atoms. The third kappa shape index (κ3) is 3.47. The van der Waals surface area contributed by atoms with E-state index in [0.717, 1.165) is 25.6 Å². The minimum Gasteiger partial charge on any atom is -0.366 e. The van der Waals surface area contributed by atoms with Gasteiger partial charge in [-0.1, -0.05) is 22.9 Å². The van der Waals surface area contributed by atoms with Crippen LogP contribution in [-0.2, 0) is 6.18 Å². The highest BCUT2D eigenvalue weighted by atomic mass is 79.9. The maximum Gasteiger partial charge on any atom is 0.416 e. The first-order valence-corrected chi connectivity index (χ1v) is 7.48. The molecule has 2 unspecified atom stereocenters. The van der Waals surface area contributed by atoms with Crippen molar-refractivity contribution < 1.29 is 13.2 Å². The Morgan fingerprint density at radius 1 is 1.35 bits per heavy atom. The second-order valence-electron chi connectivity index (χ2n) is 5.21. The fraction of sp³-hybridized carbons (Fsp3) is 0.571. The van der Waals surface area contributed by atoms with Gasteiger partial charge in [0.15, 0.2) is 0 Å². The summed E-state index contributed by atoms with van der Waals surface area (Å²) < 4.78 is 39.2. The average Bonchev–Trinajstić information content (AvgIpc) is 2.37. The molecule has 0 amide bonds. The van der Waals surface area contributed by atoms with Gasteiger partial charge in [-0.05, 0) is 31.5 Å². The molecule has 1 heterocycles. The summed E-state index contributed by atoms with van der Waals surface area (Å²) in [6.45, 7) is 5.61. The summed E-state index contributed by atoms with van der Waals surface area (Å²) in [6, 6.07) is 4.60. The zero-order chi connectivity index (χ0) is 14.9. The fourth-order valence-corrected chi connectivity index (χ4v) is 2.95. The van der Waals surface area contributed by atoms with Crippen LogP contribution in [0.1, 0.15) is 25.8 Å². The average molecular weight is 351 g/mol. The molecule has 0 saturated carbocycles. The van der Waals surface area contributed by atoms with Crippen LogP contribution in [0.25, 0.3) is 0 Å². The van der Waals surface area contributed by atoms with Crippen LogP contribution in [0, 0.1) is 0 Å². The Bertz CT molecular complexity index is 476. The summed E-state index contributed by atoms with van der Waals surface area (Å²) in [7, 11) is 0. The molecule has 0 aromatic heterocycles. The zero-order valence-electron chi connectivity index (χ0n) is 11.5. The highest BCUT2D eigenvalue weighted by Gasteiger charge is 2.32. The Hall–Kier alpha value is -0.750.